The first kappa shape index (κ1) is 12.1. The number of anilines is 2. The molecule has 0 saturated heterocycles. The number of methoxy groups -OCH3 is 1. The van der Waals surface area contributed by atoms with Crippen LogP contribution in [0.15, 0.2) is 30.9 Å². The third-order valence-corrected chi connectivity index (χ3v) is 2.59. The molecule has 3 N–H and O–H groups in total. The highest BCUT2D eigenvalue weighted by molar-refractivity contribution is 5.61. The van der Waals surface area contributed by atoms with E-state index in [1.54, 1.807) is 12.4 Å². The van der Waals surface area contributed by atoms with Gasteiger partial charge in [0.05, 0.1) is 13.2 Å². The highest BCUT2D eigenvalue weighted by Gasteiger charge is 2.12. The SMILES string of the molecule is COc1c(N)ncnc1NC(C)c1ccncc1. The zero-order valence-electron chi connectivity index (χ0n) is 10.3. The maximum absolute atomic E-state index is 5.72. The van der Waals surface area contributed by atoms with Crippen LogP contribution >= 0.6 is 0 Å². The van der Waals surface area contributed by atoms with E-state index in [1.165, 1.54) is 13.4 Å². The van der Waals surface area contributed by atoms with Crippen molar-refractivity contribution in [2.45, 2.75) is 13.0 Å². The van der Waals surface area contributed by atoms with Gasteiger partial charge in [0.1, 0.15) is 6.33 Å². The Morgan fingerprint density at radius 3 is 2.67 bits per heavy atom. The van der Waals surface area contributed by atoms with Crippen molar-refractivity contribution in [3.63, 3.8) is 0 Å². The van der Waals surface area contributed by atoms with Gasteiger partial charge in [-0.1, -0.05) is 0 Å². The third-order valence-electron chi connectivity index (χ3n) is 2.59. The number of hydrogen-bond acceptors (Lipinski definition) is 6. The van der Waals surface area contributed by atoms with Gasteiger partial charge in [-0.15, -0.1) is 0 Å². The van der Waals surface area contributed by atoms with E-state index >= 15 is 0 Å². The van der Waals surface area contributed by atoms with Crippen molar-refractivity contribution >= 4 is 11.6 Å². The summed E-state index contributed by atoms with van der Waals surface area (Å²) in [5, 5.41) is 3.23. The molecule has 2 aromatic heterocycles. The van der Waals surface area contributed by atoms with Crippen LogP contribution < -0.4 is 15.8 Å². The zero-order chi connectivity index (χ0) is 13.0. The summed E-state index contributed by atoms with van der Waals surface area (Å²) in [7, 11) is 1.54. The highest BCUT2D eigenvalue weighted by atomic mass is 16.5. The molecule has 0 amide bonds. The average molecular weight is 245 g/mol. The molecule has 0 aliphatic carbocycles. The second-order valence-corrected chi connectivity index (χ2v) is 3.79. The predicted molar refractivity (Wildman–Crippen MR) is 69.3 cm³/mol. The number of rotatable bonds is 4. The molecule has 0 fully saturated rings. The standard InChI is InChI=1S/C12H15N5O/c1-8(9-3-5-14-6-4-9)17-12-10(18-2)11(13)15-7-16-12/h3-8H,1-2H3,(H3,13,15,16,17). The lowest BCUT2D eigenvalue weighted by Crippen LogP contribution is -2.10. The number of pyridine rings is 1. The lowest BCUT2D eigenvalue weighted by molar-refractivity contribution is 0.415. The van der Waals surface area contributed by atoms with Crippen LogP contribution in [-0.4, -0.2) is 22.1 Å². The van der Waals surface area contributed by atoms with Crippen LogP contribution in [0.25, 0.3) is 0 Å². The molecule has 0 aromatic carbocycles. The van der Waals surface area contributed by atoms with Gasteiger partial charge in [0, 0.05) is 12.4 Å². The van der Waals surface area contributed by atoms with Gasteiger partial charge in [0.2, 0.25) is 5.75 Å². The second-order valence-electron chi connectivity index (χ2n) is 3.79. The summed E-state index contributed by atoms with van der Waals surface area (Å²) < 4.78 is 5.19. The minimum absolute atomic E-state index is 0.0659. The Bertz CT molecular complexity index is 517. The molecule has 1 atom stereocenters. The fourth-order valence-electron chi connectivity index (χ4n) is 1.63. The average Bonchev–Trinajstić information content (AvgIpc) is 2.40. The maximum Gasteiger partial charge on any atom is 0.203 e. The van der Waals surface area contributed by atoms with Gasteiger partial charge < -0.3 is 15.8 Å². The van der Waals surface area contributed by atoms with E-state index < -0.39 is 0 Å². The van der Waals surface area contributed by atoms with Crippen LogP contribution in [0.2, 0.25) is 0 Å². The van der Waals surface area contributed by atoms with Gasteiger partial charge in [0.25, 0.3) is 0 Å². The lowest BCUT2D eigenvalue weighted by atomic mass is 10.1. The highest BCUT2D eigenvalue weighted by Crippen LogP contribution is 2.29. The Balaban J connectivity index is 2.22. The molecule has 2 rings (SSSR count). The molecule has 6 nitrogen and oxygen atoms in total. The molecule has 0 spiro atoms. The van der Waals surface area contributed by atoms with Crippen LogP contribution in [0.5, 0.6) is 5.75 Å². The summed E-state index contributed by atoms with van der Waals surface area (Å²) in [5.41, 5.74) is 6.82. The number of nitrogens with two attached hydrogens (primary N) is 1. The fraction of sp³-hybridized carbons (Fsp3) is 0.250. The Morgan fingerprint density at radius 1 is 1.28 bits per heavy atom. The second kappa shape index (κ2) is 5.31. The van der Waals surface area contributed by atoms with Crippen molar-refractivity contribution in [2.75, 3.05) is 18.2 Å². The molecule has 94 valence electrons. The number of ether oxygens (including phenoxy) is 1. The molecule has 0 bridgehead atoms. The van der Waals surface area contributed by atoms with Crippen LogP contribution in [-0.2, 0) is 0 Å². The summed E-state index contributed by atoms with van der Waals surface area (Å²) in [4.78, 5) is 12.0. The van der Waals surface area contributed by atoms with Gasteiger partial charge in [-0.25, -0.2) is 9.97 Å². The van der Waals surface area contributed by atoms with Crippen LogP contribution in [0.1, 0.15) is 18.5 Å². The first-order chi connectivity index (χ1) is 8.72. The van der Waals surface area contributed by atoms with Crippen molar-refractivity contribution in [3.05, 3.63) is 36.4 Å². The summed E-state index contributed by atoms with van der Waals surface area (Å²) in [6.07, 6.45) is 4.90. The Kier molecular flexibility index (Phi) is 3.57. The molecule has 0 radical (unpaired) electrons. The summed E-state index contributed by atoms with van der Waals surface area (Å²) in [5.74, 6) is 1.35. The zero-order valence-corrected chi connectivity index (χ0v) is 10.3. The Morgan fingerprint density at radius 2 is 2.00 bits per heavy atom. The topological polar surface area (TPSA) is 86.0 Å². The van der Waals surface area contributed by atoms with E-state index in [1.807, 2.05) is 19.1 Å². The summed E-state index contributed by atoms with van der Waals surface area (Å²) in [6.45, 7) is 2.02. The summed E-state index contributed by atoms with van der Waals surface area (Å²) >= 11 is 0. The van der Waals surface area contributed by atoms with Gasteiger partial charge in [-0.2, -0.15) is 0 Å². The summed E-state index contributed by atoms with van der Waals surface area (Å²) in [6, 6.07) is 3.94. The van der Waals surface area contributed by atoms with E-state index in [4.69, 9.17) is 10.5 Å². The smallest absolute Gasteiger partial charge is 0.203 e. The number of aromatic nitrogens is 3. The number of hydrogen-bond donors (Lipinski definition) is 2. The molecule has 18 heavy (non-hydrogen) atoms. The molecular weight excluding hydrogens is 230 g/mol. The molecular formula is C12H15N5O. The molecule has 0 aliphatic heterocycles. The minimum atomic E-state index is 0.0659. The molecule has 2 aromatic rings. The van der Waals surface area contributed by atoms with Gasteiger partial charge >= 0.3 is 0 Å². The van der Waals surface area contributed by atoms with Crippen molar-refractivity contribution in [1.29, 1.82) is 0 Å². The van der Waals surface area contributed by atoms with Crippen molar-refractivity contribution in [2.24, 2.45) is 0 Å². The Labute approximate surface area is 105 Å². The quantitative estimate of drug-likeness (QED) is 0.851. The van der Waals surface area contributed by atoms with Crippen LogP contribution in [0.3, 0.4) is 0 Å². The third kappa shape index (κ3) is 2.48. The van der Waals surface area contributed by atoms with E-state index in [0.717, 1.165) is 5.56 Å². The molecule has 0 saturated carbocycles. The predicted octanol–water partition coefficient (Wildman–Crippen LogP) is 1.64. The fourth-order valence-corrected chi connectivity index (χ4v) is 1.63. The largest absolute Gasteiger partial charge is 0.490 e. The monoisotopic (exact) mass is 245 g/mol. The molecule has 0 aliphatic rings. The normalized spacial score (nSPS) is 11.9. The van der Waals surface area contributed by atoms with Gasteiger partial charge in [0.15, 0.2) is 11.6 Å². The lowest BCUT2D eigenvalue weighted by Gasteiger charge is -2.17. The molecule has 1 unspecified atom stereocenters. The number of nitrogens with zero attached hydrogens (tertiary/aromatic N) is 3. The van der Waals surface area contributed by atoms with Crippen LogP contribution in [0, 0.1) is 0 Å². The van der Waals surface area contributed by atoms with Crippen molar-refractivity contribution in [1.82, 2.24) is 15.0 Å². The number of nitrogens with one attached hydrogen (secondary N) is 1. The van der Waals surface area contributed by atoms with E-state index in [2.05, 4.69) is 20.3 Å². The first-order valence-corrected chi connectivity index (χ1v) is 5.53. The van der Waals surface area contributed by atoms with Crippen LogP contribution in [0.4, 0.5) is 11.6 Å². The molecule has 6 heteroatoms. The van der Waals surface area contributed by atoms with E-state index in [0.29, 0.717) is 17.4 Å². The number of nitrogen functional groups attached to an aromatic ring is 1. The first-order valence-electron chi connectivity index (χ1n) is 5.53. The van der Waals surface area contributed by atoms with Crippen molar-refractivity contribution in [3.8, 4) is 5.75 Å². The van der Waals surface area contributed by atoms with Gasteiger partial charge in [-0.3, -0.25) is 4.98 Å². The van der Waals surface area contributed by atoms with E-state index in [-0.39, 0.29) is 6.04 Å². The minimum Gasteiger partial charge on any atom is -0.490 e. The van der Waals surface area contributed by atoms with Gasteiger partial charge in [-0.05, 0) is 24.6 Å². The molecule has 2 heterocycles. The maximum atomic E-state index is 5.72. The Hall–Kier alpha value is -2.37. The van der Waals surface area contributed by atoms with E-state index in [9.17, 15) is 0 Å². The van der Waals surface area contributed by atoms with Crippen molar-refractivity contribution < 1.29 is 4.74 Å².